The van der Waals surface area contributed by atoms with Crippen LogP contribution in [-0.4, -0.2) is 0 Å². The van der Waals surface area contributed by atoms with Crippen LogP contribution in [-0.2, 0) is 0 Å². The molecule has 1 rings (SSSR count). The molecule has 0 spiro atoms. The monoisotopic (exact) mass is 360 g/mol. The number of benzene rings is 1. The van der Waals surface area contributed by atoms with Crippen LogP contribution in [0.1, 0.15) is 142 Å². The fourth-order valence-corrected chi connectivity index (χ4v) is 3.34. The molecular weight excluding hydrogens is 312 g/mol. The van der Waals surface area contributed by atoms with Crippen LogP contribution in [0.3, 0.4) is 0 Å². The quantitative estimate of drug-likeness (QED) is 0.454. The van der Waals surface area contributed by atoms with E-state index in [4.69, 9.17) is 0 Å². The molecular formula is C26H48. The van der Waals surface area contributed by atoms with E-state index < -0.39 is 0 Å². The molecule has 1 aromatic carbocycles. The Hall–Kier alpha value is -0.780. The third-order valence-corrected chi connectivity index (χ3v) is 5.10. The summed E-state index contributed by atoms with van der Waals surface area (Å²) in [6.45, 7) is 27.6. The predicted molar refractivity (Wildman–Crippen MR) is 122 cm³/mol. The smallest absolute Gasteiger partial charge is 0.0216 e. The van der Waals surface area contributed by atoms with Gasteiger partial charge in [-0.15, -0.1) is 0 Å². The lowest BCUT2D eigenvalue weighted by Gasteiger charge is -2.24. The standard InChI is InChI=1S/C18H30.C8H18/c1-11(2)15-9-17(13(5)6)18(14(7)8)10-16(15)12(3)4;1-7(2)5-6-8(3)4/h9-14H,1-8H3;7-8H,5-6H2,1-4H3. The molecule has 0 aliphatic carbocycles. The zero-order valence-electron chi connectivity index (χ0n) is 20.0. The maximum atomic E-state index is 2.47. The summed E-state index contributed by atoms with van der Waals surface area (Å²) in [5, 5.41) is 0. The van der Waals surface area contributed by atoms with Gasteiger partial charge in [0.15, 0.2) is 0 Å². The summed E-state index contributed by atoms with van der Waals surface area (Å²) in [6.07, 6.45) is 2.77. The molecule has 0 aliphatic heterocycles. The maximum absolute atomic E-state index is 2.47. The first-order valence-corrected chi connectivity index (χ1v) is 11.1. The first-order chi connectivity index (χ1) is 11.9. The molecule has 0 atom stereocenters. The van der Waals surface area contributed by atoms with Gasteiger partial charge in [0.1, 0.15) is 0 Å². The molecule has 0 aliphatic rings. The van der Waals surface area contributed by atoms with E-state index in [1.165, 1.54) is 35.1 Å². The average Bonchev–Trinajstić information content (AvgIpc) is 2.51. The SMILES string of the molecule is CC(C)CCC(C)C.CC(C)c1cc(C(C)C)c(C(C)C)cc1C(C)C. The summed E-state index contributed by atoms with van der Waals surface area (Å²) >= 11 is 0. The highest BCUT2D eigenvalue weighted by molar-refractivity contribution is 5.44. The van der Waals surface area contributed by atoms with Crippen LogP contribution in [0.5, 0.6) is 0 Å². The highest BCUT2D eigenvalue weighted by Gasteiger charge is 2.17. The fourth-order valence-electron chi connectivity index (χ4n) is 3.34. The zero-order valence-corrected chi connectivity index (χ0v) is 20.0. The summed E-state index contributed by atoms with van der Waals surface area (Å²) in [7, 11) is 0. The minimum Gasteiger partial charge on any atom is -0.0628 e. The lowest BCUT2D eigenvalue weighted by atomic mass is 9.81. The topological polar surface area (TPSA) is 0 Å². The van der Waals surface area contributed by atoms with Crippen molar-refractivity contribution in [3.8, 4) is 0 Å². The van der Waals surface area contributed by atoms with Crippen molar-refractivity contribution in [2.24, 2.45) is 11.8 Å². The molecule has 0 N–H and O–H groups in total. The number of hydrogen-bond acceptors (Lipinski definition) is 0. The first-order valence-electron chi connectivity index (χ1n) is 11.1. The fraction of sp³-hybridized carbons (Fsp3) is 0.769. The van der Waals surface area contributed by atoms with Gasteiger partial charge in [-0.05, 0) is 57.8 Å². The van der Waals surface area contributed by atoms with Crippen LogP contribution in [0, 0.1) is 11.8 Å². The second kappa shape index (κ2) is 11.8. The summed E-state index contributed by atoms with van der Waals surface area (Å²) in [4.78, 5) is 0. The zero-order chi connectivity index (χ0) is 20.6. The third-order valence-electron chi connectivity index (χ3n) is 5.10. The Labute approximate surface area is 166 Å². The lowest BCUT2D eigenvalue weighted by Crippen LogP contribution is -2.06. The molecule has 0 radical (unpaired) electrons. The van der Waals surface area contributed by atoms with Gasteiger partial charge in [-0.1, -0.05) is 108 Å². The van der Waals surface area contributed by atoms with Crippen LogP contribution >= 0.6 is 0 Å². The van der Waals surface area contributed by atoms with E-state index in [0.29, 0.717) is 23.7 Å². The predicted octanol–water partition coefficient (Wildman–Crippen LogP) is 9.26. The van der Waals surface area contributed by atoms with Gasteiger partial charge < -0.3 is 0 Å². The molecule has 0 nitrogen and oxygen atoms in total. The van der Waals surface area contributed by atoms with E-state index in [2.05, 4.69) is 95.2 Å². The molecule has 0 heteroatoms. The molecule has 0 fully saturated rings. The molecule has 0 bridgehead atoms. The molecule has 0 saturated carbocycles. The van der Waals surface area contributed by atoms with Gasteiger partial charge in [0.25, 0.3) is 0 Å². The minimum atomic E-state index is 0.612. The second-order valence-corrected chi connectivity index (χ2v) is 10.1. The van der Waals surface area contributed by atoms with Crippen molar-refractivity contribution in [3.63, 3.8) is 0 Å². The van der Waals surface area contributed by atoms with Crippen LogP contribution in [0.4, 0.5) is 0 Å². The van der Waals surface area contributed by atoms with Gasteiger partial charge in [-0.25, -0.2) is 0 Å². The van der Waals surface area contributed by atoms with Crippen LogP contribution in [0.15, 0.2) is 12.1 Å². The largest absolute Gasteiger partial charge is 0.0628 e. The van der Waals surface area contributed by atoms with E-state index >= 15 is 0 Å². The van der Waals surface area contributed by atoms with E-state index in [0.717, 1.165) is 11.8 Å². The van der Waals surface area contributed by atoms with Gasteiger partial charge >= 0.3 is 0 Å². The van der Waals surface area contributed by atoms with Gasteiger partial charge in [-0.3, -0.25) is 0 Å². The molecule has 0 aromatic heterocycles. The normalized spacial score (nSPS) is 11.9. The van der Waals surface area contributed by atoms with E-state index in [1.54, 1.807) is 0 Å². The molecule has 26 heavy (non-hydrogen) atoms. The number of rotatable bonds is 7. The Morgan fingerprint density at radius 2 is 0.615 bits per heavy atom. The summed E-state index contributed by atoms with van der Waals surface area (Å²) in [6, 6.07) is 4.94. The van der Waals surface area contributed by atoms with Gasteiger partial charge in [0.05, 0.1) is 0 Å². The Kier molecular flexibility index (Phi) is 11.5. The van der Waals surface area contributed by atoms with Crippen molar-refractivity contribution in [2.45, 2.75) is 120 Å². The molecule has 0 amide bonds. The van der Waals surface area contributed by atoms with E-state index in [1.807, 2.05) is 0 Å². The highest BCUT2D eigenvalue weighted by atomic mass is 14.2. The third kappa shape index (κ3) is 8.74. The summed E-state index contributed by atoms with van der Waals surface area (Å²) in [5.74, 6) is 4.22. The molecule has 0 unspecified atom stereocenters. The van der Waals surface area contributed by atoms with Crippen LogP contribution < -0.4 is 0 Å². The summed E-state index contributed by atoms with van der Waals surface area (Å²) in [5.41, 5.74) is 6.16. The Morgan fingerprint density at radius 1 is 0.423 bits per heavy atom. The maximum Gasteiger partial charge on any atom is -0.0216 e. The first kappa shape index (κ1) is 25.2. The molecule has 0 heterocycles. The lowest BCUT2D eigenvalue weighted by molar-refractivity contribution is 0.476. The van der Waals surface area contributed by atoms with Crippen LogP contribution in [0.2, 0.25) is 0 Å². The van der Waals surface area contributed by atoms with Crippen molar-refractivity contribution in [1.29, 1.82) is 0 Å². The molecule has 1 aromatic rings. The Bertz CT molecular complexity index is 419. The van der Waals surface area contributed by atoms with Crippen molar-refractivity contribution < 1.29 is 0 Å². The average molecular weight is 361 g/mol. The van der Waals surface area contributed by atoms with Gasteiger partial charge in [0.2, 0.25) is 0 Å². The van der Waals surface area contributed by atoms with Crippen LogP contribution in [0.25, 0.3) is 0 Å². The van der Waals surface area contributed by atoms with Crippen molar-refractivity contribution in [2.75, 3.05) is 0 Å². The van der Waals surface area contributed by atoms with Crippen molar-refractivity contribution in [3.05, 3.63) is 34.4 Å². The second-order valence-electron chi connectivity index (χ2n) is 10.1. The minimum absolute atomic E-state index is 0.612. The van der Waals surface area contributed by atoms with Crippen molar-refractivity contribution in [1.82, 2.24) is 0 Å². The van der Waals surface area contributed by atoms with E-state index in [9.17, 15) is 0 Å². The Balaban J connectivity index is 0.000000660. The summed E-state index contributed by atoms with van der Waals surface area (Å²) < 4.78 is 0. The van der Waals surface area contributed by atoms with E-state index in [-0.39, 0.29) is 0 Å². The van der Waals surface area contributed by atoms with Gasteiger partial charge in [0, 0.05) is 0 Å². The molecule has 152 valence electrons. The highest BCUT2D eigenvalue weighted by Crippen LogP contribution is 2.35. The number of hydrogen-bond donors (Lipinski definition) is 0. The van der Waals surface area contributed by atoms with Crippen molar-refractivity contribution >= 4 is 0 Å². The van der Waals surface area contributed by atoms with Gasteiger partial charge in [-0.2, -0.15) is 0 Å². The molecule has 0 saturated heterocycles. The Morgan fingerprint density at radius 3 is 0.731 bits per heavy atom.